The van der Waals surface area contributed by atoms with Crippen molar-refractivity contribution in [3.05, 3.63) is 310 Å². The zero-order chi connectivity index (χ0) is 49.1. The Morgan fingerprint density at radius 2 is 0.595 bits per heavy atom. The number of fused-ring (bicyclic) bond motifs is 12. The van der Waals surface area contributed by atoms with E-state index < -0.39 is 10.8 Å². The van der Waals surface area contributed by atoms with Gasteiger partial charge < -0.3 is 9.13 Å². The van der Waals surface area contributed by atoms with Crippen molar-refractivity contribution in [2.45, 2.75) is 10.8 Å². The third kappa shape index (κ3) is 5.44. The van der Waals surface area contributed by atoms with E-state index >= 15 is 0 Å². The van der Waals surface area contributed by atoms with E-state index in [0.29, 0.717) is 11.1 Å². The van der Waals surface area contributed by atoms with E-state index in [-0.39, 0.29) is 0 Å². The van der Waals surface area contributed by atoms with Crippen LogP contribution in [0.5, 0.6) is 0 Å². The maximum Gasteiger partial charge on any atom is 0.101 e. The Balaban J connectivity index is 1.06. The van der Waals surface area contributed by atoms with Crippen molar-refractivity contribution in [2.24, 2.45) is 0 Å². The highest BCUT2D eigenvalue weighted by Gasteiger charge is 2.48. The fourth-order valence-corrected chi connectivity index (χ4v) is 13.4. The van der Waals surface area contributed by atoms with Crippen molar-refractivity contribution in [1.29, 1.82) is 10.5 Å². The number of nitrogens with zero attached hydrogens (tertiary/aromatic N) is 4. The second kappa shape index (κ2) is 15.8. The molecule has 0 fully saturated rings. The largest absolute Gasteiger partial charge is 0.307 e. The summed E-state index contributed by atoms with van der Waals surface area (Å²) in [5.74, 6) is 0. The minimum atomic E-state index is -0.583. The predicted molar refractivity (Wildman–Crippen MR) is 299 cm³/mol. The van der Waals surface area contributed by atoms with Crippen LogP contribution in [0.2, 0.25) is 0 Å². The molecule has 11 aromatic carbocycles. The molecule has 4 heteroatoms. The minimum Gasteiger partial charge on any atom is -0.307 e. The highest BCUT2D eigenvalue weighted by Crippen LogP contribution is 2.59. The summed E-state index contributed by atoms with van der Waals surface area (Å²) in [6, 6.07) is 97.1. The first-order chi connectivity index (χ1) is 36.6. The topological polar surface area (TPSA) is 57.4 Å². The van der Waals surface area contributed by atoms with Crippen LogP contribution >= 0.6 is 0 Å². The van der Waals surface area contributed by atoms with Gasteiger partial charge in [0.05, 0.1) is 55.4 Å². The number of hydrogen-bond donors (Lipinski definition) is 0. The molecular formula is C70H42N4. The third-order valence-corrected chi connectivity index (χ3v) is 16.3. The van der Waals surface area contributed by atoms with Gasteiger partial charge >= 0.3 is 0 Å². The molecule has 74 heavy (non-hydrogen) atoms. The fourth-order valence-electron chi connectivity index (χ4n) is 13.4. The standard InChI is InChI=1S/C70H42N4/c71-43-45-37-67(73-63-35-19-15-31-53(63)57-39-61-55(41-65(57)73)51-29-13-17-33-59(51)69(61,47-21-5-1-6-22-47)48-23-7-2-8-24-48)68(38-46(45)44-72)74-64-36-20-16-32-54(64)58-40-62-56(42-66(58)74)52-30-14-18-34-60(52)70(62,49-25-9-3-10-26-49)50-27-11-4-12-28-50/h1-42H. The zero-order valence-corrected chi connectivity index (χ0v) is 40.0. The molecule has 2 heterocycles. The molecule has 2 aromatic heterocycles. The fraction of sp³-hybridized carbons (Fsp3) is 0.0286. The first kappa shape index (κ1) is 41.8. The summed E-state index contributed by atoms with van der Waals surface area (Å²) in [5.41, 5.74) is 19.6. The van der Waals surface area contributed by atoms with Crippen LogP contribution in [0.1, 0.15) is 55.6 Å². The summed E-state index contributed by atoms with van der Waals surface area (Å²) in [4.78, 5) is 0. The van der Waals surface area contributed by atoms with Gasteiger partial charge in [-0.15, -0.1) is 0 Å². The van der Waals surface area contributed by atoms with Gasteiger partial charge in [0, 0.05) is 21.5 Å². The molecule has 0 spiro atoms. The Morgan fingerprint density at radius 1 is 0.270 bits per heavy atom. The maximum atomic E-state index is 10.9. The molecule has 2 aliphatic rings. The van der Waals surface area contributed by atoms with Crippen molar-refractivity contribution in [1.82, 2.24) is 9.13 Å². The first-order valence-corrected chi connectivity index (χ1v) is 25.2. The first-order valence-electron chi connectivity index (χ1n) is 25.2. The average Bonchev–Trinajstić information content (AvgIpc) is 4.17. The normalized spacial score (nSPS) is 13.6. The van der Waals surface area contributed by atoms with Crippen molar-refractivity contribution in [3.8, 4) is 45.8 Å². The molecule has 0 unspecified atom stereocenters. The van der Waals surface area contributed by atoms with Crippen molar-refractivity contribution in [3.63, 3.8) is 0 Å². The highest BCUT2D eigenvalue weighted by atomic mass is 15.1. The number of rotatable bonds is 6. The molecule has 342 valence electrons. The highest BCUT2D eigenvalue weighted by molar-refractivity contribution is 6.14. The van der Waals surface area contributed by atoms with Crippen molar-refractivity contribution < 1.29 is 0 Å². The van der Waals surface area contributed by atoms with Crippen LogP contribution in [0, 0.1) is 22.7 Å². The van der Waals surface area contributed by atoms with Gasteiger partial charge in [0.2, 0.25) is 0 Å². The van der Waals surface area contributed by atoms with Crippen LogP contribution in [0.15, 0.2) is 255 Å². The molecule has 0 aliphatic heterocycles. The second-order valence-electron chi connectivity index (χ2n) is 19.7. The van der Waals surface area contributed by atoms with Crippen LogP contribution in [-0.4, -0.2) is 9.13 Å². The zero-order valence-electron chi connectivity index (χ0n) is 40.0. The summed E-state index contributed by atoms with van der Waals surface area (Å²) < 4.78 is 4.68. The molecule has 0 N–H and O–H groups in total. The summed E-state index contributed by atoms with van der Waals surface area (Å²) >= 11 is 0. The molecule has 0 atom stereocenters. The van der Waals surface area contributed by atoms with Gasteiger partial charge in [-0.2, -0.15) is 10.5 Å². The van der Waals surface area contributed by atoms with Crippen LogP contribution in [0.3, 0.4) is 0 Å². The number of hydrogen-bond acceptors (Lipinski definition) is 2. The van der Waals surface area contributed by atoms with E-state index in [1.807, 2.05) is 12.1 Å². The number of para-hydroxylation sites is 2. The van der Waals surface area contributed by atoms with Gasteiger partial charge in [-0.3, -0.25) is 0 Å². The Morgan fingerprint density at radius 3 is 0.959 bits per heavy atom. The molecule has 0 bridgehead atoms. The number of aromatic nitrogens is 2. The maximum absolute atomic E-state index is 10.9. The van der Waals surface area contributed by atoms with Gasteiger partial charge in [0.15, 0.2) is 0 Å². The molecule has 0 radical (unpaired) electrons. The lowest BCUT2D eigenvalue weighted by Gasteiger charge is -2.34. The van der Waals surface area contributed by atoms with Gasteiger partial charge in [-0.05, 0) is 115 Å². The van der Waals surface area contributed by atoms with E-state index in [0.717, 1.165) is 66.1 Å². The van der Waals surface area contributed by atoms with Crippen LogP contribution in [0.25, 0.3) is 77.2 Å². The lowest BCUT2D eigenvalue weighted by atomic mass is 9.67. The van der Waals surface area contributed by atoms with Gasteiger partial charge in [0.25, 0.3) is 0 Å². The predicted octanol–water partition coefficient (Wildman–Crippen LogP) is 16.4. The molecule has 0 saturated heterocycles. The second-order valence-corrected chi connectivity index (χ2v) is 19.7. The molecular weight excluding hydrogens is 897 g/mol. The van der Waals surface area contributed by atoms with E-state index in [1.165, 1.54) is 55.6 Å². The quantitative estimate of drug-likeness (QED) is 0.167. The Kier molecular flexibility index (Phi) is 8.89. The minimum absolute atomic E-state index is 0.321. The van der Waals surface area contributed by atoms with E-state index in [2.05, 4.69) is 264 Å². The van der Waals surface area contributed by atoms with Gasteiger partial charge in [-0.25, -0.2) is 0 Å². The van der Waals surface area contributed by atoms with Gasteiger partial charge in [-0.1, -0.05) is 206 Å². The molecule has 13 aromatic rings. The molecule has 4 nitrogen and oxygen atoms in total. The molecule has 0 saturated carbocycles. The van der Waals surface area contributed by atoms with Crippen molar-refractivity contribution in [2.75, 3.05) is 0 Å². The van der Waals surface area contributed by atoms with E-state index in [4.69, 9.17) is 0 Å². The summed E-state index contributed by atoms with van der Waals surface area (Å²) in [7, 11) is 0. The van der Waals surface area contributed by atoms with E-state index in [1.54, 1.807) is 0 Å². The number of benzene rings is 11. The molecule has 2 aliphatic carbocycles. The van der Waals surface area contributed by atoms with Crippen LogP contribution in [0.4, 0.5) is 0 Å². The summed E-state index contributed by atoms with van der Waals surface area (Å²) in [6.45, 7) is 0. The summed E-state index contributed by atoms with van der Waals surface area (Å²) in [6.07, 6.45) is 0. The Bertz CT molecular complexity index is 4180. The average molecular weight is 939 g/mol. The SMILES string of the molecule is N#Cc1cc(-n2c3ccccc3c3cc4c(cc32)-c2ccccc2C4(c2ccccc2)c2ccccc2)c(-n2c3ccccc3c3cc4c(cc32)-c2ccccc2C4(c2ccccc2)c2ccccc2)cc1C#N. The lowest BCUT2D eigenvalue weighted by Crippen LogP contribution is -2.28. The lowest BCUT2D eigenvalue weighted by molar-refractivity contribution is 0.769. The monoisotopic (exact) mass is 938 g/mol. The van der Waals surface area contributed by atoms with Gasteiger partial charge in [0.1, 0.15) is 12.1 Å². The number of nitriles is 2. The molecule has 0 amide bonds. The summed E-state index contributed by atoms with van der Waals surface area (Å²) in [5, 5.41) is 26.2. The third-order valence-electron chi connectivity index (χ3n) is 16.3. The smallest absolute Gasteiger partial charge is 0.101 e. The Labute approximate surface area is 428 Å². The van der Waals surface area contributed by atoms with E-state index in [9.17, 15) is 10.5 Å². The van der Waals surface area contributed by atoms with Crippen molar-refractivity contribution >= 4 is 43.6 Å². The van der Waals surface area contributed by atoms with Crippen LogP contribution in [-0.2, 0) is 10.8 Å². The van der Waals surface area contributed by atoms with Crippen LogP contribution < -0.4 is 0 Å². The molecule has 15 rings (SSSR count). The Hall–Kier alpha value is -10.0.